The summed E-state index contributed by atoms with van der Waals surface area (Å²) in [5.74, 6) is -2.35. The van der Waals surface area contributed by atoms with E-state index < -0.39 is 17.6 Å². The lowest BCUT2D eigenvalue weighted by Crippen LogP contribution is -1.89. The number of carboxylic acids is 1. The average Bonchev–Trinajstić information content (AvgIpc) is 2.18. The maximum atomic E-state index is 12.6. The Morgan fingerprint density at radius 1 is 1.25 bits per heavy atom. The Hall–Kier alpha value is -1.71. The van der Waals surface area contributed by atoms with Crippen LogP contribution in [-0.2, 0) is 4.79 Å². The zero-order valence-electron chi connectivity index (χ0n) is 9.21. The van der Waals surface area contributed by atoms with E-state index in [0.717, 1.165) is 18.2 Å². The lowest BCUT2D eigenvalue weighted by atomic mass is 10.2. The third-order valence-electron chi connectivity index (χ3n) is 1.49. The van der Waals surface area contributed by atoms with Crippen LogP contribution in [0.15, 0.2) is 24.3 Å². The summed E-state index contributed by atoms with van der Waals surface area (Å²) >= 11 is 0. The minimum Gasteiger partial charge on any atom is -0.481 e. The van der Waals surface area contributed by atoms with Crippen molar-refractivity contribution in [3.63, 3.8) is 0 Å². The quantitative estimate of drug-likeness (QED) is 0.859. The van der Waals surface area contributed by atoms with Gasteiger partial charge in [-0.05, 0) is 17.7 Å². The van der Waals surface area contributed by atoms with Crippen LogP contribution in [0.3, 0.4) is 0 Å². The van der Waals surface area contributed by atoms with Crippen molar-refractivity contribution in [1.82, 2.24) is 0 Å². The van der Waals surface area contributed by atoms with Crippen LogP contribution < -0.4 is 0 Å². The van der Waals surface area contributed by atoms with Crippen molar-refractivity contribution < 1.29 is 18.7 Å². The minimum absolute atomic E-state index is 0.169. The van der Waals surface area contributed by atoms with Gasteiger partial charge in [0.25, 0.3) is 0 Å². The van der Waals surface area contributed by atoms with E-state index >= 15 is 0 Å². The monoisotopic (exact) mass is 228 g/mol. The van der Waals surface area contributed by atoms with Crippen molar-refractivity contribution >= 4 is 12.0 Å². The predicted molar refractivity (Wildman–Crippen MR) is 59.0 cm³/mol. The molecule has 0 spiro atoms. The van der Waals surface area contributed by atoms with E-state index in [2.05, 4.69) is 0 Å². The van der Waals surface area contributed by atoms with Crippen LogP contribution >= 0.6 is 0 Å². The number of benzene rings is 1. The van der Waals surface area contributed by atoms with Gasteiger partial charge in [-0.25, -0.2) is 8.78 Å². The number of hydrogen-bond acceptors (Lipinski definition) is 1. The number of halogens is 2. The number of aliphatic carboxylic acids is 1. The molecule has 0 saturated heterocycles. The molecule has 88 valence electrons. The third-order valence-corrected chi connectivity index (χ3v) is 1.49. The Morgan fingerprint density at radius 3 is 2.19 bits per heavy atom. The molecule has 0 radical (unpaired) electrons. The largest absolute Gasteiger partial charge is 0.481 e. The fourth-order valence-corrected chi connectivity index (χ4v) is 0.967. The molecule has 0 fully saturated rings. The van der Waals surface area contributed by atoms with Gasteiger partial charge in [0.05, 0.1) is 6.42 Å². The fraction of sp³-hybridized carbons (Fsp3) is 0.250. The van der Waals surface area contributed by atoms with Crippen LogP contribution in [0.2, 0.25) is 0 Å². The molecule has 4 heteroatoms. The summed E-state index contributed by atoms with van der Waals surface area (Å²) in [6.07, 6.45) is 2.52. The molecule has 16 heavy (non-hydrogen) atoms. The summed E-state index contributed by atoms with van der Waals surface area (Å²) in [5.41, 5.74) is 0.309. The van der Waals surface area contributed by atoms with Gasteiger partial charge in [0.2, 0.25) is 0 Å². The number of hydrogen-bond donors (Lipinski definition) is 1. The highest BCUT2D eigenvalue weighted by Gasteiger charge is 1.97. The Labute approximate surface area is 93.2 Å². The van der Waals surface area contributed by atoms with Crippen LogP contribution in [0, 0.1) is 11.6 Å². The van der Waals surface area contributed by atoms with Crippen molar-refractivity contribution in [2.24, 2.45) is 0 Å². The van der Waals surface area contributed by atoms with E-state index in [9.17, 15) is 13.6 Å². The summed E-state index contributed by atoms with van der Waals surface area (Å²) in [4.78, 5) is 10.1. The summed E-state index contributed by atoms with van der Waals surface area (Å²) in [6, 6.07) is 3.01. The first-order valence-corrected chi connectivity index (χ1v) is 4.92. The molecule has 0 aliphatic heterocycles. The fourth-order valence-electron chi connectivity index (χ4n) is 0.967. The van der Waals surface area contributed by atoms with Gasteiger partial charge in [0, 0.05) is 6.07 Å². The molecule has 0 aliphatic carbocycles. The lowest BCUT2D eigenvalue weighted by Gasteiger charge is -1.94. The van der Waals surface area contributed by atoms with Crippen LogP contribution in [0.4, 0.5) is 8.78 Å². The summed E-state index contributed by atoms with van der Waals surface area (Å²) in [7, 11) is 0. The van der Waals surface area contributed by atoms with E-state index in [1.165, 1.54) is 12.2 Å². The summed E-state index contributed by atoms with van der Waals surface area (Å²) in [5, 5.41) is 8.30. The maximum Gasteiger partial charge on any atom is 0.307 e. The highest BCUT2D eigenvalue weighted by Crippen LogP contribution is 2.09. The second-order valence-electron chi connectivity index (χ2n) is 2.70. The Bertz CT molecular complexity index is 353. The van der Waals surface area contributed by atoms with E-state index in [-0.39, 0.29) is 6.42 Å². The molecule has 0 amide bonds. The molecule has 1 rings (SSSR count). The molecule has 0 bridgehead atoms. The van der Waals surface area contributed by atoms with Gasteiger partial charge in [-0.2, -0.15) is 0 Å². The Morgan fingerprint density at radius 2 is 1.75 bits per heavy atom. The average molecular weight is 228 g/mol. The second-order valence-corrected chi connectivity index (χ2v) is 2.70. The van der Waals surface area contributed by atoms with Crippen molar-refractivity contribution in [3.8, 4) is 0 Å². The van der Waals surface area contributed by atoms with Gasteiger partial charge in [-0.15, -0.1) is 0 Å². The zero-order chi connectivity index (χ0) is 12.6. The molecular formula is C12H14F2O2. The van der Waals surface area contributed by atoms with Crippen LogP contribution in [0.5, 0.6) is 0 Å². The lowest BCUT2D eigenvalue weighted by molar-refractivity contribution is -0.135. The van der Waals surface area contributed by atoms with Crippen LogP contribution in [0.25, 0.3) is 6.08 Å². The maximum absolute atomic E-state index is 12.6. The van der Waals surface area contributed by atoms with Gasteiger partial charge in [0.1, 0.15) is 11.6 Å². The predicted octanol–water partition coefficient (Wildman–Crippen LogP) is 3.48. The first-order chi connectivity index (χ1) is 7.58. The van der Waals surface area contributed by atoms with Crippen molar-refractivity contribution in [2.75, 3.05) is 0 Å². The first-order valence-electron chi connectivity index (χ1n) is 4.92. The summed E-state index contributed by atoms with van der Waals surface area (Å²) in [6.45, 7) is 4.00. The van der Waals surface area contributed by atoms with Crippen molar-refractivity contribution in [2.45, 2.75) is 20.3 Å². The molecule has 1 aromatic carbocycles. The van der Waals surface area contributed by atoms with Gasteiger partial charge in [-0.1, -0.05) is 26.0 Å². The molecule has 1 aromatic rings. The van der Waals surface area contributed by atoms with E-state index in [1.807, 2.05) is 13.8 Å². The summed E-state index contributed by atoms with van der Waals surface area (Å²) < 4.78 is 25.2. The normalized spacial score (nSPS) is 9.75. The molecule has 0 aliphatic rings. The standard InChI is InChI=1S/C10H8F2O2.C2H6/c11-8-4-7(5-9(12)6-8)2-1-3-10(13)14;1-2/h1-2,4-6H,3H2,(H,13,14);1-2H3/b2-1+;. The van der Waals surface area contributed by atoms with Crippen molar-refractivity contribution in [3.05, 3.63) is 41.5 Å². The molecule has 2 nitrogen and oxygen atoms in total. The SMILES string of the molecule is CC.O=C(O)C/C=C/c1cc(F)cc(F)c1. The molecule has 0 unspecified atom stereocenters. The molecule has 0 saturated carbocycles. The smallest absolute Gasteiger partial charge is 0.307 e. The number of rotatable bonds is 3. The Kier molecular flexibility index (Phi) is 6.76. The highest BCUT2D eigenvalue weighted by atomic mass is 19.1. The van der Waals surface area contributed by atoms with Gasteiger partial charge in [-0.3, -0.25) is 4.79 Å². The molecular weight excluding hydrogens is 214 g/mol. The van der Waals surface area contributed by atoms with Crippen LogP contribution in [0.1, 0.15) is 25.8 Å². The van der Waals surface area contributed by atoms with Gasteiger partial charge < -0.3 is 5.11 Å². The van der Waals surface area contributed by atoms with E-state index in [0.29, 0.717) is 5.56 Å². The highest BCUT2D eigenvalue weighted by molar-refractivity contribution is 5.70. The molecule has 0 heterocycles. The third kappa shape index (κ3) is 5.90. The topological polar surface area (TPSA) is 37.3 Å². The van der Waals surface area contributed by atoms with Crippen molar-refractivity contribution in [1.29, 1.82) is 0 Å². The van der Waals surface area contributed by atoms with E-state index in [1.54, 1.807) is 0 Å². The van der Waals surface area contributed by atoms with E-state index in [4.69, 9.17) is 5.11 Å². The zero-order valence-corrected chi connectivity index (χ0v) is 9.21. The molecule has 0 atom stereocenters. The number of carboxylic acid groups (broad SMARTS) is 1. The second kappa shape index (κ2) is 7.56. The Balaban J connectivity index is 0.00000106. The molecule has 0 aromatic heterocycles. The van der Waals surface area contributed by atoms with Crippen LogP contribution in [-0.4, -0.2) is 11.1 Å². The molecule has 1 N–H and O–H groups in total. The number of carbonyl (C=O) groups is 1. The van der Waals surface area contributed by atoms with Gasteiger partial charge in [0.15, 0.2) is 0 Å². The van der Waals surface area contributed by atoms with Gasteiger partial charge >= 0.3 is 5.97 Å². The minimum atomic E-state index is -0.988. The first kappa shape index (κ1) is 14.3.